The number of hydrogen-bond acceptors (Lipinski definition) is 3. The van der Waals surface area contributed by atoms with Crippen LogP contribution in [-0.2, 0) is 9.59 Å². The summed E-state index contributed by atoms with van der Waals surface area (Å²) in [6.07, 6.45) is 6.18. The average Bonchev–Trinajstić information content (AvgIpc) is 2.73. The highest BCUT2D eigenvalue weighted by Crippen LogP contribution is 2.40. The van der Waals surface area contributed by atoms with Crippen LogP contribution in [0.25, 0.3) is 0 Å². The summed E-state index contributed by atoms with van der Waals surface area (Å²) in [5.74, 6) is 0.210. The number of carbonyl (C=O) groups excluding carboxylic acids is 2. The van der Waals surface area contributed by atoms with Crippen molar-refractivity contribution in [3.8, 4) is 0 Å². The third kappa shape index (κ3) is 2.56. The lowest BCUT2D eigenvalue weighted by molar-refractivity contribution is -0.148. The summed E-state index contributed by atoms with van der Waals surface area (Å²) in [5.41, 5.74) is -1.08. The van der Waals surface area contributed by atoms with Crippen LogP contribution in [0, 0.1) is 0 Å². The van der Waals surface area contributed by atoms with Crippen molar-refractivity contribution in [1.82, 2.24) is 9.80 Å². The predicted molar refractivity (Wildman–Crippen MR) is 78.6 cm³/mol. The average molecular weight is 294 g/mol. The van der Waals surface area contributed by atoms with Gasteiger partial charge in [-0.3, -0.25) is 9.59 Å². The van der Waals surface area contributed by atoms with Crippen LogP contribution < -0.4 is 0 Å². The molecule has 1 unspecified atom stereocenters. The number of hydrogen-bond donors (Lipinski definition) is 1. The molecule has 2 amide bonds. The van der Waals surface area contributed by atoms with Crippen LogP contribution in [0.3, 0.4) is 0 Å². The molecule has 2 aliphatic heterocycles. The van der Waals surface area contributed by atoms with E-state index in [0.29, 0.717) is 19.5 Å². The van der Waals surface area contributed by atoms with Crippen molar-refractivity contribution in [1.29, 1.82) is 0 Å². The zero-order valence-corrected chi connectivity index (χ0v) is 12.9. The van der Waals surface area contributed by atoms with Crippen LogP contribution in [-0.4, -0.2) is 57.5 Å². The minimum absolute atomic E-state index is 0.0441. The van der Waals surface area contributed by atoms with Crippen LogP contribution >= 0.6 is 0 Å². The first kappa shape index (κ1) is 14.8. The topological polar surface area (TPSA) is 60.9 Å². The maximum Gasteiger partial charge on any atom is 0.226 e. The molecule has 3 aliphatic rings. The zero-order valence-electron chi connectivity index (χ0n) is 12.9. The summed E-state index contributed by atoms with van der Waals surface area (Å²) in [6.45, 7) is 4.11. The van der Waals surface area contributed by atoms with Gasteiger partial charge in [0.1, 0.15) is 0 Å². The molecule has 1 N–H and O–H groups in total. The van der Waals surface area contributed by atoms with E-state index >= 15 is 0 Å². The minimum Gasteiger partial charge on any atom is -0.389 e. The first-order valence-electron chi connectivity index (χ1n) is 8.29. The Kier molecular flexibility index (Phi) is 3.72. The van der Waals surface area contributed by atoms with Crippen LogP contribution in [0.2, 0.25) is 0 Å². The Balaban J connectivity index is 1.75. The molecule has 0 aromatic carbocycles. The number of piperidine rings is 1. The Morgan fingerprint density at radius 1 is 1.24 bits per heavy atom. The molecule has 21 heavy (non-hydrogen) atoms. The molecule has 1 saturated carbocycles. The summed E-state index contributed by atoms with van der Waals surface area (Å²) in [7, 11) is 0. The SMILES string of the molecule is CCN1CC2(CCCCN2C(=O)CC2(O)CCC2)CC1=O. The fraction of sp³-hybridized carbons (Fsp3) is 0.875. The molecule has 2 heterocycles. The van der Waals surface area contributed by atoms with Gasteiger partial charge in [-0.05, 0) is 45.4 Å². The molecule has 2 saturated heterocycles. The summed E-state index contributed by atoms with van der Waals surface area (Å²) in [6, 6.07) is 0. The van der Waals surface area contributed by atoms with Crippen LogP contribution in [0.15, 0.2) is 0 Å². The summed E-state index contributed by atoms with van der Waals surface area (Å²) >= 11 is 0. The quantitative estimate of drug-likeness (QED) is 0.853. The highest BCUT2D eigenvalue weighted by molar-refractivity contribution is 5.84. The monoisotopic (exact) mass is 294 g/mol. The van der Waals surface area contributed by atoms with E-state index in [1.54, 1.807) is 0 Å². The number of amides is 2. The van der Waals surface area contributed by atoms with Crippen molar-refractivity contribution >= 4 is 11.8 Å². The molecule has 1 atom stereocenters. The second-order valence-electron chi connectivity index (χ2n) is 7.07. The molecule has 1 spiro atoms. The Morgan fingerprint density at radius 3 is 2.57 bits per heavy atom. The zero-order chi connectivity index (χ0) is 15.1. The van der Waals surface area contributed by atoms with Crippen LogP contribution in [0.4, 0.5) is 0 Å². The van der Waals surface area contributed by atoms with Crippen LogP contribution in [0.1, 0.15) is 58.3 Å². The summed E-state index contributed by atoms with van der Waals surface area (Å²) in [4.78, 5) is 28.6. The lowest BCUT2D eigenvalue weighted by atomic mass is 9.76. The molecule has 118 valence electrons. The highest BCUT2D eigenvalue weighted by Gasteiger charge is 2.50. The van der Waals surface area contributed by atoms with E-state index < -0.39 is 5.60 Å². The van der Waals surface area contributed by atoms with Crippen molar-refractivity contribution in [3.05, 3.63) is 0 Å². The van der Waals surface area contributed by atoms with Crippen LogP contribution in [0.5, 0.6) is 0 Å². The lowest BCUT2D eigenvalue weighted by Gasteiger charge is -2.46. The minimum atomic E-state index is -0.775. The molecule has 5 nitrogen and oxygen atoms in total. The maximum atomic E-state index is 12.7. The Hall–Kier alpha value is -1.10. The van der Waals surface area contributed by atoms with Gasteiger partial charge in [-0.15, -0.1) is 0 Å². The third-order valence-electron chi connectivity index (χ3n) is 5.61. The molecule has 0 bridgehead atoms. The molecular weight excluding hydrogens is 268 g/mol. The van der Waals surface area contributed by atoms with E-state index in [-0.39, 0.29) is 23.8 Å². The molecule has 0 aromatic rings. The highest BCUT2D eigenvalue weighted by atomic mass is 16.3. The Morgan fingerprint density at radius 2 is 2.00 bits per heavy atom. The normalized spacial score (nSPS) is 31.6. The van der Waals surface area contributed by atoms with Gasteiger partial charge in [-0.2, -0.15) is 0 Å². The largest absolute Gasteiger partial charge is 0.389 e. The Bertz CT molecular complexity index is 447. The number of nitrogens with zero attached hydrogens (tertiary/aromatic N) is 2. The first-order chi connectivity index (χ1) is 9.98. The number of carbonyl (C=O) groups is 2. The van der Waals surface area contributed by atoms with Gasteiger partial charge >= 0.3 is 0 Å². The van der Waals surface area contributed by atoms with Gasteiger partial charge in [0, 0.05) is 19.6 Å². The van der Waals surface area contributed by atoms with E-state index in [0.717, 1.165) is 45.1 Å². The Labute approximate surface area is 126 Å². The number of aliphatic hydroxyl groups is 1. The number of likely N-dealkylation sites (tertiary alicyclic amines) is 2. The van der Waals surface area contributed by atoms with E-state index in [9.17, 15) is 14.7 Å². The van der Waals surface area contributed by atoms with Gasteiger partial charge in [0.05, 0.1) is 24.0 Å². The van der Waals surface area contributed by atoms with Gasteiger partial charge < -0.3 is 14.9 Å². The van der Waals surface area contributed by atoms with Crippen molar-refractivity contribution in [3.63, 3.8) is 0 Å². The van der Waals surface area contributed by atoms with Crippen molar-refractivity contribution in [2.24, 2.45) is 0 Å². The molecule has 3 fully saturated rings. The number of likely N-dealkylation sites (N-methyl/N-ethyl adjacent to an activating group) is 1. The molecule has 5 heteroatoms. The summed E-state index contributed by atoms with van der Waals surface area (Å²) < 4.78 is 0. The van der Waals surface area contributed by atoms with Crippen molar-refractivity contribution in [2.45, 2.75) is 69.4 Å². The smallest absolute Gasteiger partial charge is 0.226 e. The maximum absolute atomic E-state index is 12.7. The fourth-order valence-electron chi connectivity index (χ4n) is 4.15. The van der Waals surface area contributed by atoms with E-state index in [1.807, 2.05) is 16.7 Å². The molecule has 3 rings (SSSR count). The molecule has 1 aliphatic carbocycles. The fourth-order valence-corrected chi connectivity index (χ4v) is 4.15. The lowest BCUT2D eigenvalue weighted by Crippen LogP contribution is -2.57. The van der Waals surface area contributed by atoms with E-state index in [1.165, 1.54) is 0 Å². The first-order valence-corrected chi connectivity index (χ1v) is 8.29. The summed E-state index contributed by atoms with van der Waals surface area (Å²) in [5, 5.41) is 10.3. The molecule has 0 radical (unpaired) electrons. The number of rotatable bonds is 3. The third-order valence-corrected chi connectivity index (χ3v) is 5.61. The second kappa shape index (κ2) is 5.27. The van der Waals surface area contributed by atoms with E-state index in [4.69, 9.17) is 0 Å². The molecular formula is C16H26N2O3. The predicted octanol–water partition coefficient (Wildman–Crippen LogP) is 1.29. The van der Waals surface area contributed by atoms with Gasteiger partial charge in [0.2, 0.25) is 11.8 Å². The van der Waals surface area contributed by atoms with Crippen molar-refractivity contribution < 1.29 is 14.7 Å². The second-order valence-corrected chi connectivity index (χ2v) is 7.07. The molecule has 0 aromatic heterocycles. The van der Waals surface area contributed by atoms with Crippen molar-refractivity contribution in [2.75, 3.05) is 19.6 Å². The van der Waals surface area contributed by atoms with E-state index in [2.05, 4.69) is 0 Å². The van der Waals surface area contributed by atoms with Gasteiger partial charge in [-0.25, -0.2) is 0 Å². The van der Waals surface area contributed by atoms with Gasteiger partial charge in [-0.1, -0.05) is 0 Å². The van der Waals surface area contributed by atoms with Gasteiger partial charge in [0.25, 0.3) is 0 Å². The standard InChI is InChI=1S/C16H26N2O3/c1-2-17-12-15(10-13(17)19)6-3-4-9-18(15)14(20)11-16(21)7-5-8-16/h21H,2-12H2,1H3. The van der Waals surface area contributed by atoms with Gasteiger partial charge in [0.15, 0.2) is 0 Å².